The highest BCUT2D eigenvalue weighted by Crippen LogP contribution is 2.11. The molecule has 0 radical (unpaired) electrons. The molecular formula is C11H8N4O2. The van der Waals surface area contributed by atoms with Crippen LogP contribution < -0.4 is 5.32 Å². The number of benzene rings is 1. The van der Waals surface area contributed by atoms with Crippen LogP contribution in [-0.2, 0) is 0 Å². The third-order valence-electron chi connectivity index (χ3n) is 1.97. The summed E-state index contributed by atoms with van der Waals surface area (Å²) >= 11 is 0. The largest absolute Gasteiger partial charge is 0.417 e. The molecule has 0 aliphatic rings. The first-order valence-electron chi connectivity index (χ1n) is 4.80. The second-order valence-corrected chi connectivity index (χ2v) is 3.27. The smallest absolute Gasteiger partial charge is 0.313 e. The summed E-state index contributed by atoms with van der Waals surface area (Å²) in [4.78, 5) is 11.6. The van der Waals surface area contributed by atoms with Crippen LogP contribution in [0.15, 0.2) is 28.7 Å². The molecule has 0 aliphatic carbocycles. The minimum absolute atomic E-state index is 0.107. The standard InChI is InChI=1S/C11H8N4O2/c1-7-14-15-11(17-7)10(16)13-9-4-2-3-8(5-9)6-12/h2-5H,1H3,(H,13,16). The molecule has 1 N–H and O–H groups in total. The van der Waals surface area contributed by atoms with Crippen molar-refractivity contribution < 1.29 is 9.21 Å². The highest BCUT2D eigenvalue weighted by Gasteiger charge is 2.13. The van der Waals surface area contributed by atoms with Crippen molar-refractivity contribution in [2.45, 2.75) is 6.92 Å². The number of aryl methyl sites for hydroxylation is 1. The third-order valence-corrected chi connectivity index (χ3v) is 1.97. The van der Waals surface area contributed by atoms with Crippen LogP contribution in [0.1, 0.15) is 22.1 Å². The summed E-state index contributed by atoms with van der Waals surface area (Å²) in [6.07, 6.45) is 0. The predicted molar refractivity (Wildman–Crippen MR) is 58.1 cm³/mol. The number of carbonyl (C=O) groups excluding carboxylic acids is 1. The van der Waals surface area contributed by atoms with Gasteiger partial charge in [-0.2, -0.15) is 5.26 Å². The summed E-state index contributed by atoms with van der Waals surface area (Å²) in [5.41, 5.74) is 0.967. The van der Waals surface area contributed by atoms with Crippen molar-refractivity contribution in [2.75, 3.05) is 5.32 Å². The third kappa shape index (κ3) is 2.46. The van der Waals surface area contributed by atoms with E-state index in [1.54, 1.807) is 31.2 Å². The van der Waals surface area contributed by atoms with Gasteiger partial charge in [0.15, 0.2) is 0 Å². The van der Waals surface area contributed by atoms with Crippen LogP contribution in [-0.4, -0.2) is 16.1 Å². The molecule has 0 atom stereocenters. The van der Waals surface area contributed by atoms with Crippen molar-refractivity contribution in [3.63, 3.8) is 0 Å². The topological polar surface area (TPSA) is 91.8 Å². The number of hydrogen-bond acceptors (Lipinski definition) is 5. The maximum absolute atomic E-state index is 11.6. The summed E-state index contributed by atoms with van der Waals surface area (Å²) in [5, 5.41) is 18.4. The molecule has 0 saturated heterocycles. The first-order chi connectivity index (χ1) is 8.19. The van der Waals surface area contributed by atoms with Gasteiger partial charge in [0.05, 0.1) is 11.6 Å². The molecule has 6 heteroatoms. The van der Waals surface area contributed by atoms with Crippen LogP contribution in [0.3, 0.4) is 0 Å². The van der Waals surface area contributed by atoms with Gasteiger partial charge in [-0.05, 0) is 18.2 Å². The van der Waals surface area contributed by atoms with E-state index < -0.39 is 5.91 Å². The van der Waals surface area contributed by atoms with Gasteiger partial charge in [0.25, 0.3) is 0 Å². The average molecular weight is 228 g/mol. The lowest BCUT2D eigenvalue weighted by molar-refractivity contribution is 0.0989. The predicted octanol–water partition coefficient (Wildman–Crippen LogP) is 1.50. The summed E-state index contributed by atoms with van der Waals surface area (Å²) in [6.45, 7) is 1.60. The fraction of sp³-hybridized carbons (Fsp3) is 0.0909. The van der Waals surface area contributed by atoms with Crippen molar-refractivity contribution in [1.29, 1.82) is 5.26 Å². The van der Waals surface area contributed by atoms with E-state index in [1.807, 2.05) is 6.07 Å². The second kappa shape index (κ2) is 4.45. The zero-order valence-corrected chi connectivity index (χ0v) is 8.97. The molecule has 0 bridgehead atoms. The van der Waals surface area contributed by atoms with E-state index in [0.717, 1.165) is 0 Å². The molecule has 1 heterocycles. The van der Waals surface area contributed by atoms with E-state index in [2.05, 4.69) is 15.5 Å². The molecular weight excluding hydrogens is 220 g/mol. The van der Waals surface area contributed by atoms with Crippen LogP contribution in [0.5, 0.6) is 0 Å². The normalized spacial score (nSPS) is 9.65. The molecule has 84 valence electrons. The fourth-order valence-electron chi connectivity index (χ4n) is 1.24. The first kappa shape index (κ1) is 10.8. The van der Waals surface area contributed by atoms with Gasteiger partial charge in [0, 0.05) is 12.6 Å². The molecule has 17 heavy (non-hydrogen) atoms. The first-order valence-corrected chi connectivity index (χ1v) is 4.80. The molecule has 0 saturated carbocycles. The van der Waals surface area contributed by atoms with E-state index in [4.69, 9.17) is 9.68 Å². The average Bonchev–Trinajstić information content (AvgIpc) is 2.76. The van der Waals surface area contributed by atoms with Gasteiger partial charge in [0.2, 0.25) is 5.89 Å². The van der Waals surface area contributed by atoms with Gasteiger partial charge < -0.3 is 9.73 Å². The Balaban J connectivity index is 2.16. The lowest BCUT2D eigenvalue weighted by Gasteiger charge is -2.01. The molecule has 0 spiro atoms. The Morgan fingerprint density at radius 1 is 1.47 bits per heavy atom. The second-order valence-electron chi connectivity index (χ2n) is 3.27. The van der Waals surface area contributed by atoms with Gasteiger partial charge >= 0.3 is 11.8 Å². The number of hydrogen-bond donors (Lipinski definition) is 1. The van der Waals surface area contributed by atoms with Crippen LogP contribution in [0.25, 0.3) is 0 Å². The Hall–Kier alpha value is -2.68. The number of nitrogens with one attached hydrogen (secondary N) is 1. The lowest BCUT2D eigenvalue weighted by Crippen LogP contribution is -2.12. The van der Waals surface area contributed by atoms with Crippen LogP contribution in [0, 0.1) is 18.3 Å². The Labute approximate surface area is 96.9 Å². The molecule has 6 nitrogen and oxygen atoms in total. The minimum atomic E-state index is -0.499. The summed E-state index contributed by atoms with van der Waals surface area (Å²) in [5.74, 6) is -0.286. The van der Waals surface area contributed by atoms with Gasteiger partial charge in [0.1, 0.15) is 0 Å². The van der Waals surface area contributed by atoms with Crippen LogP contribution in [0.4, 0.5) is 5.69 Å². The number of carbonyl (C=O) groups is 1. The zero-order chi connectivity index (χ0) is 12.3. The Bertz CT molecular complexity index is 598. The maximum atomic E-state index is 11.6. The summed E-state index contributed by atoms with van der Waals surface area (Å²) in [7, 11) is 0. The van der Waals surface area contributed by atoms with E-state index in [1.165, 1.54) is 0 Å². The zero-order valence-electron chi connectivity index (χ0n) is 8.97. The number of nitrogens with zero attached hydrogens (tertiary/aromatic N) is 3. The highest BCUT2D eigenvalue weighted by molar-refractivity contribution is 6.00. The van der Waals surface area contributed by atoms with Crippen molar-refractivity contribution in [3.8, 4) is 6.07 Å². The summed E-state index contributed by atoms with van der Waals surface area (Å²) in [6, 6.07) is 8.53. The van der Waals surface area contributed by atoms with Crippen molar-refractivity contribution in [1.82, 2.24) is 10.2 Å². The molecule has 1 aromatic carbocycles. The van der Waals surface area contributed by atoms with Gasteiger partial charge in [-0.3, -0.25) is 4.79 Å². The molecule has 2 rings (SSSR count). The van der Waals surface area contributed by atoms with Crippen LogP contribution in [0.2, 0.25) is 0 Å². The van der Waals surface area contributed by atoms with Gasteiger partial charge in [-0.25, -0.2) is 0 Å². The van der Waals surface area contributed by atoms with Crippen LogP contribution >= 0.6 is 0 Å². The van der Waals surface area contributed by atoms with E-state index in [9.17, 15) is 4.79 Å². The minimum Gasteiger partial charge on any atom is -0.417 e. The van der Waals surface area contributed by atoms with Gasteiger partial charge in [-0.15, -0.1) is 10.2 Å². The van der Waals surface area contributed by atoms with E-state index in [-0.39, 0.29) is 5.89 Å². The molecule has 0 fully saturated rings. The summed E-state index contributed by atoms with van der Waals surface area (Å²) < 4.78 is 4.97. The van der Waals surface area contributed by atoms with E-state index >= 15 is 0 Å². The van der Waals surface area contributed by atoms with Crippen molar-refractivity contribution >= 4 is 11.6 Å². The van der Waals surface area contributed by atoms with Crippen molar-refractivity contribution in [2.24, 2.45) is 0 Å². The Morgan fingerprint density at radius 3 is 2.94 bits per heavy atom. The maximum Gasteiger partial charge on any atom is 0.313 e. The molecule has 0 unspecified atom stereocenters. The number of aromatic nitrogens is 2. The monoisotopic (exact) mass is 228 g/mol. The lowest BCUT2D eigenvalue weighted by atomic mass is 10.2. The number of amides is 1. The van der Waals surface area contributed by atoms with Crippen molar-refractivity contribution in [3.05, 3.63) is 41.6 Å². The Morgan fingerprint density at radius 2 is 2.29 bits per heavy atom. The fourth-order valence-corrected chi connectivity index (χ4v) is 1.24. The molecule has 0 aliphatic heterocycles. The van der Waals surface area contributed by atoms with Gasteiger partial charge in [-0.1, -0.05) is 6.07 Å². The Kier molecular flexibility index (Phi) is 2.83. The SMILES string of the molecule is Cc1nnc(C(=O)Nc2cccc(C#N)c2)o1. The quantitative estimate of drug-likeness (QED) is 0.840. The highest BCUT2D eigenvalue weighted by atomic mass is 16.4. The number of nitriles is 1. The number of anilines is 1. The van der Waals surface area contributed by atoms with E-state index in [0.29, 0.717) is 17.1 Å². The molecule has 1 amide bonds. The number of rotatable bonds is 2. The molecule has 1 aromatic heterocycles. The molecule has 2 aromatic rings.